The molecule has 0 bridgehead atoms. The molecule has 1 rings (SSSR count). The summed E-state index contributed by atoms with van der Waals surface area (Å²) in [5, 5.41) is 2.69. The van der Waals surface area contributed by atoms with Crippen LogP contribution in [0.25, 0.3) is 0 Å². The molecule has 0 heterocycles. The Hall–Kier alpha value is -1.40. The molecule has 114 valence electrons. The third kappa shape index (κ3) is 6.16. The fraction of sp³-hybridized carbons (Fsp3) is 0.462. The molecule has 0 saturated carbocycles. The predicted molar refractivity (Wildman–Crippen MR) is 75.0 cm³/mol. The Morgan fingerprint density at radius 3 is 2.30 bits per heavy atom. The molecule has 1 amide bonds. The van der Waals surface area contributed by atoms with E-state index in [4.69, 9.17) is 5.73 Å². The van der Waals surface area contributed by atoms with Crippen LogP contribution in [-0.2, 0) is 11.3 Å². The van der Waals surface area contributed by atoms with Crippen LogP contribution >= 0.6 is 12.4 Å². The SMILES string of the molecule is CC(C)C(N)C(=O)NCc1ccc(OC(F)F)cc1.Cl. The van der Waals surface area contributed by atoms with E-state index in [9.17, 15) is 13.6 Å². The second-order valence-electron chi connectivity index (χ2n) is 4.51. The number of amides is 1. The summed E-state index contributed by atoms with van der Waals surface area (Å²) < 4.78 is 28.1. The molecule has 0 radical (unpaired) electrons. The highest BCUT2D eigenvalue weighted by atomic mass is 35.5. The second kappa shape index (κ2) is 8.71. The van der Waals surface area contributed by atoms with E-state index in [0.29, 0.717) is 6.54 Å². The van der Waals surface area contributed by atoms with Crippen molar-refractivity contribution in [2.45, 2.75) is 33.0 Å². The minimum absolute atomic E-state index is 0. The van der Waals surface area contributed by atoms with Crippen molar-refractivity contribution in [3.8, 4) is 5.75 Å². The Bertz CT molecular complexity index is 413. The zero-order valence-electron chi connectivity index (χ0n) is 11.3. The molecule has 4 nitrogen and oxygen atoms in total. The summed E-state index contributed by atoms with van der Waals surface area (Å²) in [5.41, 5.74) is 6.47. The number of alkyl halides is 2. The molecule has 1 atom stereocenters. The van der Waals surface area contributed by atoms with E-state index in [-0.39, 0.29) is 30.0 Å². The van der Waals surface area contributed by atoms with Crippen molar-refractivity contribution in [3.05, 3.63) is 29.8 Å². The Balaban J connectivity index is 0.00000361. The Labute approximate surface area is 123 Å². The van der Waals surface area contributed by atoms with Gasteiger partial charge in [0, 0.05) is 6.54 Å². The first-order valence-corrected chi connectivity index (χ1v) is 5.97. The molecule has 7 heteroatoms. The molecule has 3 N–H and O–H groups in total. The van der Waals surface area contributed by atoms with Crippen LogP contribution in [0.5, 0.6) is 5.75 Å². The highest BCUT2D eigenvalue weighted by Gasteiger charge is 2.16. The van der Waals surface area contributed by atoms with E-state index in [1.165, 1.54) is 12.1 Å². The van der Waals surface area contributed by atoms with Crippen molar-refractivity contribution in [1.29, 1.82) is 0 Å². The van der Waals surface area contributed by atoms with Crippen molar-refractivity contribution in [3.63, 3.8) is 0 Å². The number of ether oxygens (including phenoxy) is 1. The topological polar surface area (TPSA) is 64.4 Å². The van der Waals surface area contributed by atoms with Crippen LogP contribution in [0.15, 0.2) is 24.3 Å². The van der Waals surface area contributed by atoms with Gasteiger partial charge in [-0.2, -0.15) is 8.78 Å². The maximum absolute atomic E-state index is 11.9. The first-order valence-electron chi connectivity index (χ1n) is 5.97. The number of carbonyl (C=O) groups excluding carboxylic acids is 1. The molecular formula is C13H19ClF2N2O2. The van der Waals surface area contributed by atoms with Crippen LogP contribution in [-0.4, -0.2) is 18.6 Å². The number of nitrogens with one attached hydrogen (secondary N) is 1. The quantitative estimate of drug-likeness (QED) is 0.847. The molecule has 0 spiro atoms. The fourth-order valence-electron chi connectivity index (χ4n) is 1.40. The third-order valence-corrected chi connectivity index (χ3v) is 2.64. The van der Waals surface area contributed by atoms with Gasteiger partial charge in [0.25, 0.3) is 0 Å². The van der Waals surface area contributed by atoms with Crippen LogP contribution in [0.1, 0.15) is 19.4 Å². The number of hydrogen-bond acceptors (Lipinski definition) is 3. The number of rotatable bonds is 6. The van der Waals surface area contributed by atoms with Crippen molar-refractivity contribution < 1.29 is 18.3 Å². The number of halogens is 3. The van der Waals surface area contributed by atoms with Crippen molar-refractivity contribution in [1.82, 2.24) is 5.32 Å². The summed E-state index contributed by atoms with van der Waals surface area (Å²) in [4.78, 5) is 11.6. The smallest absolute Gasteiger partial charge is 0.387 e. The van der Waals surface area contributed by atoms with Crippen molar-refractivity contribution >= 4 is 18.3 Å². The second-order valence-corrected chi connectivity index (χ2v) is 4.51. The molecule has 20 heavy (non-hydrogen) atoms. The summed E-state index contributed by atoms with van der Waals surface area (Å²) in [5.74, 6) is -0.0892. The summed E-state index contributed by atoms with van der Waals surface area (Å²) in [7, 11) is 0. The lowest BCUT2D eigenvalue weighted by Crippen LogP contribution is -2.43. The lowest BCUT2D eigenvalue weighted by atomic mass is 10.0. The van der Waals surface area contributed by atoms with Crippen LogP contribution in [0.2, 0.25) is 0 Å². The van der Waals surface area contributed by atoms with Gasteiger partial charge in [-0.05, 0) is 23.6 Å². The average molecular weight is 309 g/mol. The minimum atomic E-state index is -2.84. The van der Waals surface area contributed by atoms with E-state index in [1.54, 1.807) is 12.1 Å². The number of hydrogen-bond donors (Lipinski definition) is 2. The van der Waals surface area contributed by atoms with E-state index in [2.05, 4.69) is 10.1 Å². The van der Waals surface area contributed by atoms with Gasteiger partial charge in [-0.3, -0.25) is 4.79 Å². The maximum Gasteiger partial charge on any atom is 0.387 e. The summed E-state index contributed by atoms with van der Waals surface area (Å²) in [6.07, 6.45) is 0. The standard InChI is InChI=1S/C13H18F2N2O2.ClH/c1-8(2)11(16)12(18)17-7-9-3-5-10(6-4-9)19-13(14)15;/h3-6,8,11,13H,7,16H2,1-2H3,(H,17,18);1H. The zero-order chi connectivity index (χ0) is 14.4. The molecule has 0 aliphatic carbocycles. The number of nitrogens with two attached hydrogens (primary N) is 1. The van der Waals surface area contributed by atoms with Gasteiger partial charge in [0.05, 0.1) is 6.04 Å². The van der Waals surface area contributed by atoms with Crippen LogP contribution in [0.3, 0.4) is 0 Å². The van der Waals surface area contributed by atoms with E-state index < -0.39 is 12.7 Å². The first kappa shape index (κ1) is 18.6. The normalized spacial score (nSPS) is 11.9. The monoisotopic (exact) mass is 308 g/mol. The van der Waals surface area contributed by atoms with Gasteiger partial charge in [-0.15, -0.1) is 12.4 Å². The molecule has 0 saturated heterocycles. The van der Waals surface area contributed by atoms with Gasteiger partial charge in [0.1, 0.15) is 5.75 Å². The van der Waals surface area contributed by atoms with E-state index in [1.807, 2.05) is 13.8 Å². The van der Waals surface area contributed by atoms with Crippen LogP contribution < -0.4 is 15.8 Å². The minimum Gasteiger partial charge on any atom is -0.435 e. The first-order chi connectivity index (χ1) is 8.90. The lowest BCUT2D eigenvalue weighted by molar-refractivity contribution is -0.123. The summed E-state index contributed by atoms with van der Waals surface area (Å²) >= 11 is 0. The average Bonchev–Trinajstić information content (AvgIpc) is 2.35. The van der Waals surface area contributed by atoms with Gasteiger partial charge in [-0.25, -0.2) is 0 Å². The highest BCUT2D eigenvalue weighted by Crippen LogP contribution is 2.14. The Morgan fingerprint density at radius 1 is 1.30 bits per heavy atom. The van der Waals surface area contributed by atoms with Crippen molar-refractivity contribution in [2.24, 2.45) is 11.7 Å². The zero-order valence-corrected chi connectivity index (χ0v) is 12.1. The van der Waals surface area contributed by atoms with Crippen LogP contribution in [0, 0.1) is 5.92 Å². The maximum atomic E-state index is 11.9. The molecule has 0 aliphatic rings. The molecule has 1 aromatic rings. The Kier molecular flexibility index (Phi) is 8.10. The molecule has 0 aromatic heterocycles. The van der Waals surface area contributed by atoms with E-state index in [0.717, 1.165) is 5.56 Å². The Morgan fingerprint density at radius 2 is 1.85 bits per heavy atom. The highest BCUT2D eigenvalue weighted by molar-refractivity contribution is 5.85. The molecule has 0 aliphatic heterocycles. The van der Waals surface area contributed by atoms with Crippen molar-refractivity contribution in [2.75, 3.05) is 0 Å². The predicted octanol–water partition coefficient (Wildman–Crippen LogP) is 2.31. The lowest BCUT2D eigenvalue weighted by Gasteiger charge is -2.15. The molecule has 0 fully saturated rings. The van der Waals surface area contributed by atoms with E-state index >= 15 is 0 Å². The van der Waals surface area contributed by atoms with Gasteiger partial charge < -0.3 is 15.8 Å². The number of benzene rings is 1. The molecule has 1 unspecified atom stereocenters. The van der Waals surface area contributed by atoms with Gasteiger partial charge in [-0.1, -0.05) is 26.0 Å². The van der Waals surface area contributed by atoms with Gasteiger partial charge in [0.2, 0.25) is 5.91 Å². The van der Waals surface area contributed by atoms with Gasteiger partial charge >= 0.3 is 6.61 Å². The summed E-state index contributed by atoms with van der Waals surface area (Å²) in [6.45, 7) is 1.19. The van der Waals surface area contributed by atoms with Crippen LogP contribution in [0.4, 0.5) is 8.78 Å². The summed E-state index contributed by atoms with van der Waals surface area (Å²) in [6, 6.07) is 5.52. The largest absolute Gasteiger partial charge is 0.435 e. The molecular weight excluding hydrogens is 290 g/mol. The fourth-order valence-corrected chi connectivity index (χ4v) is 1.40. The van der Waals surface area contributed by atoms with Gasteiger partial charge in [0.15, 0.2) is 0 Å². The number of carbonyl (C=O) groups is 1. The third-order valence-electron chi connectivity index (χ3n) is 2.64. The molecule has 1 aromatic carbocycles.